The number of aromatic amines is 1. The lowest BCUT2D eigenvalue weighted by molar-refractivity contribution is 0.0937. The maximum absolute atomic E-state index is 12.4. The van der Waals surface area contributed by atoms with Crippen molar-refractivity contribution in [3.63, 3.8) is 0 Å². The van der Waals surface area contributed by atoms with Gasteiger partial charge in [0.05, 0.1) is 12.1 Å². The van der Waals surface area contributed by atoms with Crippen LogP contribution in [0.2, 0.25) is 0 Å². The van der Waals surface area contributed by atoms with E-state index in [9.17, 15) is 9.59 Å². The Morgan fingerprint density at radius 1 is 1.29 bits per heavy atom. The van der Waals surface area contributed by atoms with Gasteiger partial charge in [-0.25, -0.2) is 9.78 Å². The monoisotopic (exact) mass is 382 g/mol. The molecule has 0 fully saturated rings. The molecule has 2 aromatic heterocycles. The molecule has 7 heteroatoms. The van der Waals surface area contributed by atoms with Crippen LogP contribution in [-0.4, -0.2) is 40.7 Å². The summed E-state index contributed by atoms with van der Waals surface area (Å²) in [6.45, 7) is 8.79. The third kappa shape index (κ3) is 3.84. The fourth-order valence-corrected chi connectivity index (χ4v) is 3.21. The summed E-state index contributed by atoms with van der Waals surface area (Å²) in [4.78, 5) is 32.1. The minimum atomic E-state index is -0.375. The van der Waals surface area contributed by atoms with E-state index in [0.29, 0.717) is 29.9 Å². The second-order valence-electron chi connectivity index (χ2n) is 7.81. The highest BCUT2D eigenvalue weighted by Crippen LogP contribution is 2.27. The van der Waals surface area contributed by atoms with Crippen LogP contribution in [0.4, 0.5) is 0 Å². The molecular weight excluding hydrogens is 356 g/mol. The van der Waals surface area contributed by atoms with Crippen molar-refractivity contribution in [2.45, 2.75) is 33.2 Å². The van der Waals surface area contributed by atoms with Crippen LogP contribution in [0.15, 0.2) is 35.3 Å². The summed E-state index contributed by atoms with van der Waals surface area (Å²) in [6.07, 6.45) is 1.74. The number of nitrogens with one attached hydrogen (secondary N) is 2. The van der Waals surface area contributed by atoms with Crippen LogP contribution in [0.25, 0.3) is 22.3 Å². The molecule has 2 N–H and O–H groups in total. The van der Waals surface area contributed by atoms with Crippen molar-refractivity contribution in [3.05, 3.63) is 52.1 Å². The molecule has 1 amide bonds. The molecule has 0 aliphatic carbocycles. The van der Waals surface area contributed by atoms with E-state index >= 15 is 0 Å². The number of hydrogen-bond acceptors (Lipinski definition) is 4. The van der Waals surface area contributed by atoms with E-state index in [-0.39, 0.29) is 17.1 Å². The van der Waals surface area contributed by atoms with Crippen molar-refractivity contribution in [1.82, 2.24) is 19.9 Å². The number of pyridine rings is 1. The Bertz CT molecular complexity index is 1070. The van der Waals surface area contributed by atoms with Crippen LogP contribution in [0.1, 0.15) is 36.7 Å². The van der Waals surface area contributed by atoms with Gasteiger partial charge >= 0.3 is 5.69 Å². The molecule has 0 unspecified atom stereocenters. The molecule has 3 rings (SSSR count). The van der Waals surface area contributed by atoms with Gasteiger partial charge in [-0.3, -0.25) is 9.36 Å². The molecule has 0 radical (unpaired) electrons. The summed E-state index contributed by atoms with van der Waals surface area (Å²) in [7, 11) is 1.59. The van der Waals surface area contributed by atoms with E-state index in [0.717, 1.165) is 16.7 Å². The standard InChI is InChI=1S/C21H26N4O3/c1-13-6-7-14(19(26)22-8-9-28-5)10-16(13)15-11-17-18(23-12-15)25(20(27)24-17)21(2,3)4/h6-7,10-12H,8-9H2,1-5H3,(H,22,26)(H,24,27). The average Bonchev–Trinajstić information content (AvgIpc) is 2.97. The van der Waals surface area contributed by atoms with Crippen LogP contribution >= 0.6 is 0 Å². The topological polar surface area (TPSA) is 89.0 Å². The Balaban J connectivity index is 2.01. The molecule has 0 aliphatic heterocycles. The van der Waals surface area contributed by atoms with Gasteiger partial charge in [-0.2, -0.15) is 0 Å². The third-order valence-corrected chi connectivity index (χ3v) is 4.60. The SMILES string of the molecule is COCCNC(=O)c1ccc(C)c(-c2cnc3c(c2)[nH]c(=O)n3C(C)(C)C)c1. The van der Waals surface area contributed by atoms with E-state index in [1.165, 1.54) is 0 Å². The van der Waals surface area contributed by atoms with Crippen LogP contribution in [0, 0.1) is 6.92 Å². The van der Waals surface area contributed by atoms with E-state index < -0.39 is 0 Å². The largest absolute Gasteiger partial charge is 0.383 e. The number of fused-ring (bicyclic) bond motifs is 1. The molecule has 1 aromatic carbocycles. The van der Waals surface area contributed by atoms with Gasteiger partial charge in [0.2, 0.25) is 0 Å². The summed E-state index contributed by atoms with van der Waals surface area (Å²) in [6, 6.07) is 7.46. The molecule has 148 valence electrons. The van der Waals surface area contributed by atoms with Gasteiger partial charge in [0, 0.05) is 36.5 Å². The number of ether oxygens (including phenoxy) is 1. The molecule has 3 aromatic rings. The summed E-state index contributed by atoms with van der Waals surface area (Å²) in [5.41, 5.74) is 4.07. The summed E-state index contributed by atoms with van der Waals surface area (Å²) in [5.74, 6) is -0.153. The smallest absolute Gasteiger partial charge is 0.328 e. The number of carbonyl (C=O) groups is 1. The zero-order valence-corrected chi connectivity index (χ0v) is 16.9. The lowest BCUT2D eigenvalue weighted by atomic mass is 9.99. The van der Waals surface area contributed by atoms with Crippen LogP contribution in [0.5, 0.6) is 0 Å². The van der Waals surface area contributed by atoms with Crippen LogP contribution in [0.3, 0.4) is 0 Å². The number of rotatable bonds is 5. The number of aromatic nitrogens is 3. The molecule has 0 bridgehead atoms. The van der Waals surface area contributed by atoms with Gasteiger partial charge < -0.3 is 15.0 Å². The van der Waals surface area contributed by atoms with E-state index in [1.807, 2.05) is 45.9 Å². The average molecular weight is 382 g/mol. The Hall–Kier alpha value is -2.93. The van der Waals surface area contributed by atoms with Crippen molar-refractivity contribution in [3.8, 4) is 11.1 Å². The normalized spacial score (nSPS) is 11.8. The predicted molar refractivity (Wildman–Crippen MR) is 110 cm³/mol. The first-order valence-electron chi connectivity index (χ1n) is 9.22. The first-order valence-corrected chi connectivity index (χ1v) is 9.22. The highest BCUT2D eigenvalue weighted by Gasteiger charge is 2.21. The Morgan fingerprint density at radius 2 is 2.04 bits per heavy atom. The quantitative estimate of drug-likeness (QED) is 0.664. The number of hydrogen-bond donors (Lipinski definition) is 2. The number of H-pyrrole nitrogens is 1. The predicted octanol–water partition coefficient (Wildman–Crippen LogP) is 2.83. The molecule has 0 saturated carbocycles. The van der Waals surface area contributed by atoms with Crippen molar-refractivity contribution in [2.24, 2.45) is 0 Å². The number of aryl methyl sites for hydroxylation is 1. The number of methoxy groups -OCH3 is 1. The molecule has 0 saturated heterocycles. The van der Waals surface area contributed by atoms with Gasteiger partial charge in [0.25, 0.3) is 5.91 Å². The molecule has 0 aliphatic rings. The molecule has 28 heavy (non-hydrogen) atoms. The third-order valence-electron chi connectivity index (χ3n) is 4.60. The fourth-order valence-electron chi connectivity index (χ4n) is 3.21. The summed E-state index contributed by atoms with van der Waals surface area (Å²) < 4.78 is 6.61. The summed E-state index contributed by atoms with van der Waals surface area (Å²) >= 11 is 0. The van der Waals surface area contributed by atoms with Gasteiger partial charge in [0.1, 0.15) is 0 Å². The second kappa shape index (κ2) is 7.59. The Labute approximate surface area is 163 Å². The Kier molecular flexibility index (Phi) is 5.38. The number of carbonyl (C=O) groups excluding carboxylic acids is 1. The Morgan fingerprint density at radius 3 is 2.71 bits per heavy atom. The van der Waals surface area contributed by atoms with Gasteiger partial charge in [-0.1, -0.05) is 6.07 Å². The van der Waals surface area contributed by atoms with Gasteiger partial charge in [-0.15, -0.1) is 0 Å². The van der Waals surface area contributed by atoms with Crippen molar-refractivity contribution >= 4 is 17.1 Å². The first kappa shape index (κ1) is 19.8. The molecule has 2 heterocycles. The first-order chi connectivity index (χ1) is 13.2. The fraction of sp³-hybridized carbons (Fsp3) is 0.381. The van der Waals surface area contributed by atoms with E-state index in [2.05, 4.69) is 15.3 Å². The number of nitrogens with zero attached hydrogens (tertiary/aromatic N) is 2. The molecule has 7 nitrogen and oxygen atoms in total. The van der Waals surface area contributed by atoms with Crippen molar-refractivity contribution in [1.29, 1.82) is 0 Å². The molecular formula is C21H26N4O3. The zero-order valence-electron chi connectivity index (χ0n) is 16.9. The maximum Gasteiger partial charge on any atom is 0.328 e. The van der Waals surface area contributed by atoms with Gasteiger partial charge in [-0.05, 0) is 57.0 Å². The van der Waals surface area contributed by atoms with Gasteiger partial charge in [0.15, 0.2) is 5.65 Å². The number of amides is 1. The minimum absolute atomic E-state index is 0.153. The molecule has 0 spiro atoms. The maximum atomic E-state index is 12.4. The molecule has 0 atom stereocenters. The van der Waals surface area contributed by atoms with E-state index in [1.54, 1.807) is 23.9 Å². The van der Waals surface area contributed by atoms with Crippen LogP contribution < -0.4 is 11.0 Å². The lowest BCUT2D eigenvalue weighted by Crippen LogP contribution is -2.32. The highest BCUT2D eigenvalue weighted by atomic mass is 16.5. The second-order valence-corrected chi connectivity index (χ2v) is 7.81. The zero-order chi connectivity index (χ0) is 20.5. The summed E-state index contributed by atoms with van der Waals surface area (Å²) in [5, 5.41) is 2.82. The van der Waals surface area contributed by atoms with E-state index in [4.69, 9.17) is 4.74 Å². The minimum Gasteiger partial charge on any atom is -0.383 e. The number of imidazole rings is 1. The lowest BCUT2D eigenvalue weighted by Gasteiger charge is -2.19. The van der Waals surface area contributed by atoms with Crippen LogP contribution in [-0.2, 0) is 10.3 Å². The van der Waals surface area contributed by atoms with Crippen molar-refractivity contribution in [2.75, 3.05) is 20.3 Å². The highest BCUT2D eigenvalue weighted by molar-refractivity contribution is 5.96. The number of benzene rings is 1. The van der Waals surface area contributed by atoms with Crippen molar-refractivity contribution < 1.29 is 9.53 Å².